The van der Waals surface area contributed by atoms with Crippen molar-refractivity contribution in [2.75, 3.05) is 19.6 Å². The SMILES string of the molecule is CCC1CN(C(C)c2c(C)noc2C)CCCN1. The molecule has 18 heavy (non-hydrogen) atoms. The Bertz CT molecular complexity index is 369. The lowest BCUT2D eigenvalue weighted by molar-refractivity contribution is 0.203. The van der Waals surface area contributed by atoms with Crippen molar-refractivity contribution < 1.29 is 4.52 Å². The molecule has 0 spiro atoms. The summed E-state index contributed by atoms with van der Waals surface area (Å²) in [4.78, 5) is 2.56. The van der Waals surface area contributed by atoms with Gasteiger partial charge in [-0.15, -0.1) is 0 Å². The molecule has 1 N–H and O–H groups in total. The van der Waals surface area contributed by atoms with E-state index >= 15 is 0 Å². The van der Waals surface area contributed by atoms with Crippen molar-refractivity contribution in [1.82, 2.24) is 15.4 Å². The summed E-state index contributed by atoms with van der Waals surface area (Å²) in [5, 5.41) is 7.69. The molecular weight excluding hydrogens is 226 g/mol. The molecule has 2 unspecified atom stereocenters. The summed E-state index contributed by atoms with van der Waals surface area (Å²) in [6, 6.07) is 1.00. The molecule has 4 heteroatoms. The second kappa shape index (κ2) is 5.85. The number of aromatic nitrogens is 1. The molecule has 1 aromatic heterocycles. The maximum atomic E-state index is 5.30. The van der Waals surface area contributed by atoms with Crippen molar-refractivity contribution in [3.8, 4) is 0 Å². The van der Waals surface area contributed by atoms with E-state index in [4.69, 9.17) is 4.52 Å². The maximum absolute atomic E-state index is 5.30. The average Bonchev–Trinajstić information content (AvgIpc) is 2.58. The Kier molecular flexibility index (Phi) is 4.40. The molecule has 0 bridgehead atoms. The lowest BCUT2D eigenvalue weighted by Gasteiger charge is -2.29. The zero-order chi connectivity index (χ0) is 13.1. The summed E-state index contributed by atoms with van der Waals surface area (Å²) in [6.45, 7) is 12.0. The third-order valence-electron chi connectivity index (χ3n) is 4.06. The normalized spacial score (nSPS) is 23.9. The van der Waals surface area contributed by atoms with Gasteiger partial charge in [0.15, 0.2) is 0 Å². The Morgan fingerprint density at radius 1 is 1.50 bits per heavy atom. The number of nitrogens with one attached hydrogen (secondary N) is 1. The molecule has 1 fully saturated rings. The van der Waals surface area contributed by atoms with Crippen LogP contribution in [-0.2, 0) is 0 Å². The summed E-state index contributed by atoms with van der Waals surface area (Å²) in [7, 11) is 0. The second-order valence-corrected chi connectivity index (χ2v) is 5.32. The third-order valence-corrected chi connectivity index (χ3v) is 4.06. The zero-order valence-corrected chi connectivity index (χ0v) is 12.0. The van der Waals surface area contributed by atoms with Gasteiger partial charge < -0.3 is 9.84 Å². The quantitative estimate of drug-likeness (QED) is 0.896. The molecule has 102 valence electrons. The maximum Gasteiger partial charge on any atom is 0.138 e. The molecule has 0 aromatic carbocycles. The molecule has 1 saturated heterocycles. The van der Waals surface area contributed by atoms with Gasteiger partial charge in [-0.25, -0.2) is 0 Å². The molecule has 1 aromatic rings. The lowest BCUT2D eigenvalue weighted by atomic mass is 10.0. The van der Waals surface area contributed by atoms with Crippen LogP contribution in [0.2, 0.25) is 0 Å². The van der Waals surface area contributed by atoms with E-state index in [1.54, 1.807) is 0 Å². The predicted octanol–water partition coefficient (Wildman–Crippen LogP) is 2.43. The highest BCUT2D eigenvalue weighted by Crippen LogP contribution is 2.27. The molecule has 0 saturated carbocycles. The van der Waals surface area contributed by atoms with E-state index < -0.39 is 0 Å². The first kappa shape index (κ1) is 13.6. The number of hydrogen-bond donors (Lipinski definition) is 1. The first-order valence-corrected chi connectivity index (χ1v) is 7.03. The van der Waals surface area contributed by atoms with E-state index in [1.165, 1.54) is 18.4 Å². The van der Waals surface area contributed by atoms with E-state index in [9.17, 15) is 0 Å². The first-order valence-electron chi connectivity index (χ1n) is 7.03. The largest absolute Gasteiger partial charge is 0.361 e. The minimum Gasteiger partial charge on any atom is -0.361 e. The molecule has 1 aliphatic rings. The molecular formula is C14H25N3O. The van der Waals surface area contributed by atoms with Crippen LogP contribution in [0.25, 0.3) is 0 Å². The molecule has 2 heterocycles. The number of rotatable bonds is 3. The van der Waals surface area contributed by atoms with Crippen LogP contribution in [0.1, 0.15) is 49.7 Å². The van der Waals surface area contributed by atoms with Crippen LogP contribution >= 0.6 is 0 Å². The summed E-state index contributed by atoms with van der Waals surface area (Å²) in [6.07, 6.45) is 2.40. The van der Waals surface area contributed by atoms with Crippen LogP contribution in [0.15, 0.2) is 4.52 Å². The topological polar surface area (TPSA) is 41.3 Å². The van der Waals surface area contributed by atoms with Gasteiger partial charge in [-0.2, -0.15) is 0 Å². The van der Waals surface area contributed by atoms with Gasteiger partial charge in [0.2, 0.25) is 0 Å². The summed E-state index contributed by atoms with van der Waals surface area (Å²) >= 11 is 0. The smallest absolute Gasteiger partial charge is 0.138 e. The third kappa shape index (κ3) is 2.75. The Morgan fingerprint density at radius 2 is 2.28 bits per heavy atom. The predicted molar refractivity (Wildman–Crippen MR) is 72.7 cm³/mol. The molecule has 0 aliphatic carbocycles. The molecule has 1 aliphatic heterocycles. The monoisotopic (exact) mass is 251 g/mol. The average molecular weight is 251 g/mol. The second-order valence-electron chi connectivity index (χ2n) is 5.32. The van der Waals surface area contributed by atoms with E-state index in [1.807, 2.05) is 13.8 Å². The van der Waals surface area contributed by atoms with Gasteiger partial charge in [-0.1, -0.05) is 12.1 Å². The van der Waals surface area contributed by atoms with Crippen LogP contribution in [0.5, 0.6) is 0 Å². The zero-order valence-electron chi connectivity index (χ0n) is 12.0. The Labute approximate surface area is 110 Å². The molecule has 4 nitrogen and oxygen atoms in total. The van der Waals surface area contributed by atoms with Crippen molar-refractivity contribution in [3.63, 3.8) is 0 Å². The molecule has 0 amide bonds. The van der Waals surface area contributed by atoms with Gasteiger partial charge >= 0.3 is 0 Å². The van der Waals surface area contributed by atoms with Crippen LogP contribution in [0.3, 0.4) is 0 Å². The highest BCUT2D eigenvalue weighted by Gasteiger charge is 2.25. The van der Waals surface area contributed by atoms with Gasteiger partial charge in [0.25, 0.3) is 0 Å². The van der Waals surface area contributed by atoms with Crippen molar-refractivity contribution in [3.05, 3.63) is 17.0 Å². The number of aryl methyl sites for hydroxylation is 2. The molecule has 2 rings (SSSR count). The fraction of sp³-hybridized carbons (Fsp3) is 0.786. The van der Waals surface area contributed by atoms with Crippen LogP contribution in [-0.4, -0.2) is 35.7 Å². The number of nitrogens with zero attached hydrogens (tertiary/aromatic N) is 2. The van der Waals surface area contributed by atoms with Crippen LogP contribution in [0.4, 0.5) is 0 Å². The van der Waals surface area contributed by atoms with Gasteiger partial charge in [0.05, 0.1) is 5.69 Å². The minimum atomic E-state index is 0.394. The highest BCUT2D eigenvalue weighted by molar-refractivity contribution is 5.24. The van der Waals surface area contributed by atoms with Crippen molar-refractivity contribution in [2.24, 2.45) is 0 Å². The Hall–Kier alpha value is -0.870. The van der Waals surface area contributed by atoms with Crippen LogP contribution < -0.4 is 5.32 Å². The fourth-order valence-corrected chi connectivity index (χ4v) is 2.92. The number of hydrogen-bond acceptors (Lipinski definition) is 4. The van der Waals surface area contributed by atoms with Crippen molar-refractivity contribution in [1.29, 1.82) is 0 Å². The molecule has 2 atom stereocenters. The van der Waals surface area contributed by atoms with Crippen LogP contribution in [0, 0.1) is 13.8 Å². The summed E-state index contributed by atoms with van der Waals surface area (Å²) < 4.78 is 5.30. The highest BCUT2D eigenvalue weighted by atomic mass is 16.5. The molecule has 0 radical (unpaired) electrons. The fourth-order valence-electron chi connectivity index (χ4n) is 2.92. The Morgan fingerprint density at radius 3 is 2.89 bits per heavy atom. The van der Waals surface area contributed by atoms with Gasteiger partial charge in [-0.05, 0) is 40.2 Å². The van der Waals surface area contributed by atoms with Crippen molar-refractivity contribution in [2.45, 2.75) is 52.6 Å². The summed E-state index contributed by atoms with van der Waals surface area (Å²) in [5.41, 5.74) is 2.30. The van der Waals surface area contributed by atoms with Crippen molar-refractivity contribution >= 4 is 0 Å². The van der Waals surface area contributed by atoms with Gasteiger partial charge in [0.1, 0.15) is 5.76 Å². The van der Waals surface area contributed by atoms with Gasteiger partial charge in [0, 0.05) is 30.7 Å². The first-order chi connectivity index (χ1) is 8.63. The van der Waals surface area contributed by atoms with E-state index in [0.29, 0.717) is 12.1 Å². The van der Waals surface area contributed by atoms with E-state index in [-0.39, 0.29) is 0 Å². The van der Waals surface area contributed by atoms with E-state index in [2.05, 4.69) is 29.2 Å². The van der Waals surface area contributed by atoms with E-state index in [0.717, 1.165) is 31.1 Å². The summed E-state index contributed by atoms with van der Waals surface area (Å²) in [5.74, 6) is 0.963. The minimum absolute atomic E-state index is 0.394. The Balaban J connectivity index is 2.14. The lowest BCUT2D eigenvalue weighted by Crippen LogP contribution is -2.38. The van der Waals surface area contributed by atoms with Gasteiger partial charge in [-0.3, -0.25) is 4.90 Å². The standard InChI is InChI=1S/C14H25N3O/c1-5-13-9-17(8-6-7-15-13)11(3)14-10(2)16-18-12(14)4/h11,13,15H,5-9H2,1-4H3.